The molecule has 2 unspecified atom stereocenters. The molecule has 0 saturated carbocycles. The van der Waals surface area contributed by atoms with E-state index in [1.807, 2.05) is 7.05 Å². The van der Waals surface area contributed by atoms with Gasteiger partial charge in [-0.25, -0.2) is 0 Å². The molecule has 1 N–H and O–H groups in total. The van der Waals surface area contributed by atoms with Gasteiger partial charge in [0, 0.05) is 6.54 Å². The highest BCUT2D eigenvalue weighted by Crippen LogP contribution is 2.38. The van der Waals surface area contributed by atoms with Crippen molar-refractivity contribution in [2.24, 2.45) is 0 Å². The van der Waals surface area contributed by atoms with Crippen LogP contribution in [0.5, 0.6) is 0 Å². The predicted octanol–water partition coefficient (Wildman–Crippen LogP) is 3.20. The molecule has 15 heavy (non-hydrogen) atoms. The number of fused-ring (bicyclic) bond motifs is 1. The van der Waals surface area contributed by atoms with Gasteiger partial charge >= 0.3 is 0 Å². The molecule has 1 nitrogen and oxygen atoms in total. The second-order valence-corrected chi connectivity index (χ2v) is 4.87. The lowest BCUT2D eigenvalue weighted by molar-refractivity contribution is 0.487. The van der Waals surface area contributed by atoms with Crippen LogP contribution in [0.2, 0.25) is 0 Å². The number of hydrogen-bond acceptors (Lipinski definition) is 1. The van der Waals surface area contributed by atoms with Crippen molar-refractivity contribution in [3.63, 3.8) is 0 Å². The number of nitrogens with one attached hydrogen (secondary N) is 1. The summed E-state index contributed by atoms with van der Waals surface area (Å²) in [5, 5.41) is 3.31. The molecule has 1 aromatic rings. The lowest BCUT2D eigenvalue weighted by Gasteiger charge is -2.30. The van der Waals surface area contributed by atoms with Gasteiger partial charge in [0.15, 0.2) is 0 Å². The molecular formula is C14H21N. The molecule has 0 bridgehead atoms. The van der Waals surface area contributed by atoms with Gasteiger partial charge in [-0.2, -0.15) is 0 Å². The fourth-order valence-electron chi connectivity index (χ4n) is 2.72. The number of rotatable bonds is 2. The van der Waals surface area contributed by atoms with E-state index in [1.165, 1.54) is 18.4 Å². The van der Waals surface area contributed by atoms with E-state index in [0.717, 1.165) is 18.4 Å². The standard InChI is InChI=1S/C14H21N/c1-10-4-7-13-11(2)5-6-12(9-15-3)14(13)8-10/h4,7-8,11-12,15H,5-6,9H2,1-3H3. The van der Waals surface area contributed by atoms with E-state index < -0.39 is 0 Å². The number of benzene rings is 1. The molecule has 2 rings (SSSR count). The van der Waals surface area contributed by atoms with Gasteiger partial charge in [-0.3, -0.25) is 0 Å². The molecular weight excluding hydrogens is 182 g/mol. The van der Waals surface area contributed by atoms with E-state index in [4.69, 9.17) is 0 Å². The third kappa shape index (κ3) is 2.07. The number of likely N-dealkylation sites (N-methyl/N-ethyl adjacent to an activating group) is 1. The second-order valence-electron chi connectivity index (χ2n) is 4.87. The summed E-state index contributed by atoms with van der Waals surface area (Å²) in [6.45, 7) is 5.66. The Labute approximate surface area is 92.9 Å². The minimum Gasteiger partial charge on any atom is -0.319 e. The quantitative estimate of drug-likeness (QED) is 0.778. The summed E-state index contributed by atoms with van der Waals surface area (Å²) in [7, 11) is 2.05. The van der Waals surface area contributed by atoms with Gasteiger partial charge in [0.1, 0.15) is 0 Å². The molecule has 0 heterocycles. The maximum Gasteiger partial charge on any atom is 0.00172 e. The summed E-state index contributed by atoms with van der Waals surface area (Å²) < 4.78 is 0. The molecule has 1 heteroatoms. The average Bonchev–Trinajstić information content (AvgIpc) is 2.22. The van der Waals surface area contributed by atoms with Crippen LogP contribution in [-0.4, -0.2) is 13.6 Å². The van der Waals surface area contributed by atoms with Crippen LogP contribution in [0.4, 0.5) is 0 Å². The number of aryl methyl sites for hydroxylation is 1. The fourth-order valence-corrected chi connectivity index (χ4v) is 2.72. The first kappa shape index (κ1) is 10.7. The van der Waals surface area contributed by atoms with Gasteiger partial charge in [0.05, 0.1) is 0 Å². The predicted molar refractivity (Wildman–Crippen MR) is 65.5 cm³/mol. The van der Waals surface area contributed by atoms with Crippen LogP contribution in [-0.2, 0) is 0 Å². The van der Waals surface area contributed by atoms with Crippen LogP contribution in [0, 0.1) is 6.92 Å². The Kier molecular flexibility index (Phi) is 3.11. The largest absolute Gasteiger partial charge is 0.319 e. The van der Waals surface area contributed by atoms with Crippen molar-refractivity contribution >= 4 is 0 Å². The molecule has 1 aromatic carbocycles. The van der Waals surface area contributed by atoms with Crippen molar-refractivity contribution in [2.75, 3.05) is 13.6 Å². The van der Waals surface area contributed by atoms with E-state index in [9.17, 15) is 0 Å². The van der Waals surface area contributed by atoms with Crippen LogP contribution >= 0.6 is 0 Å². The van der Waals surface area contributed by atoms with Crippen molar-refractivity contribution in [1.82, 2.24) is 5.32 Å². The molecule has 0 spiro atoms. The topological polar surface area (TPSA) is 12.0 Å². The zero-order valence-corrected chi connectivity index (χ0v) is 10.0. The summed E-state index contributed by atoms with van der Waals surface area (Å²) in [5.74, 6) is 1.47. The van der Waals surface area contributed by atoms with E-state index in [0.29, 0.717) is 0 Å². The van der Waals surface area contributed by atoms with Gasteiger partial charge in [-0.15, -0.1) is 0 Å². The molecule has 0 saturated heterocycles. The van der Waals surface area contributed by atoms with Gasteiger partial charge in [-0.1, -0.05) is 30.7 Å². The molecule has 0 fully saturated rings. The maximum atomic E-state index is 3.31. The second kappa shape index (κ2) is 4.36. The zero-order valence-electron chi connectivity index (χ0n) is 10.0. The van der Waals surface area contributed by atoms with Crippen LogP contribution < -0.4 is 5.32 Å². The van der Waals surface area contributed by atoms with Gasteiger partial charge in [0.2, 0.25) is 0 Å². The summed E-state index contributed by atoms with van der Waals surface area (Å²) in [4.78, 5) is 0. The fraction of sp³-hybridized carbons (Fsp3) is 0.571. The SMILES string of the molecule is CNCC1CCC(C)c2ccc(C)cc21. The normalized spacial score (nSPS) is 25.0. The Bertz CT molecular complexity index is 343. The smallest absolute Gasteiger partial charge is 0.00172 e. The van der Waals surface area contributed by atoms with Crippen LogP contribution in [0.3, 0.4) is 0 Å². The monoisotopic (exact) mass is 203 g/mol. The first-order valence-corrected chi connectivity index (χ1v) is 5.97. The van der Waals surface area contributed by atoms with Crippen molar-refractivity contribution in [2.45, 2.75) is 38.5 Å². The van der Waals surface area contributed by atoms with Crippen LogP contribution in [0.1, 0.15) is 48.3 Å². The number of hydrogen-bond donors (Lipinski definition) is 1. The summed E-state index contributed by atoms with van der Waals surface area (Å²) in [6, 6.07) is 6.96. The Hall–Kier alpha value is -0.820. The van der Waals surface area contributed by atoms with Gasteiger partial charge < -0.3 is 5.32 Å². The van der Waals surface area contributed by atoms with Crippen molar-refractivity contribution < 1.29 is 0 Å². The summed E-state index contributed by atoms with van der Waals surface area (Å²) in [6.07, 6.45) is 2.67. The molecule has 0 radical (unpaired) electrons. The third-order valence-corrected chi connectivity index (χ3v) is 3.61. The lowest BCUT2D eigenvalue weighted by atomic mass is 9.77. The Morgan fingerprint density at radius 3 is 2.80 bits per heavy atom. The van der Waals surface area contributed by atoms with Crippen LogP contribution in [0.25, 0.3) is 0 Å². The Balaban J connectivity index is 2.37. The summed E-state index contributed by atoms with van der Waals surface area (Å²) in [5.41, 5.74) is 4.55. The minimum atomic E-state index is 0.723. The maximum absolute atomic E-state index is 3.31. The summed E-state index contributed by atoms with van der Waals surface area (Å²) >= 11 is 0. The molecule has 1 aliphatic rings. The molecule has 0 aliphatic heterocycles. The highest BCUT2D eigenvalue weighted by molar-refractivity contribution is 5.38. The van der Waals surface area contributed by atoms with Gasteiger partial charge in [-0.05, 0) is 49.8 Å². The van der Waals surface area contributed by atoms with E-state index in [-0.39, 0.29) is 0 Å². The van der Waals surface area contributed by atoms with E-state index in [1.54, 1.807) is 11.1 Å². The zero-order chi connectivity index (χ0) is 10.8. The molecule has 1 aliphatic carbocycles. The Morgan fingerprint density at radius 2 is 2.07 bits per heavy atom. The van der Waals surface area contributed by atoms with Crippen molar-refractivity contribution in [3.8, 4) is 0 Å². The molecule has 82 valence electrons. The van der Waals surface area contributed by atoms with Gasteiger partial charge in [0.25, 0.3) is 0 Å². The highest BCUT2D eigenvalue weighted by atomic mass is 14.8. The van der Waals surface area contributed by atoms with E-state index >= 15 is 0 Å². The minimum absolute atomic E-state index is 0.723. The first-order chi connectivity index (χ1) is 7.22. The lowest BCUT2D eigenvalue weighted by Crippen LogP contribution is -2.22. The first-order valence-electron chi connectivity index (χ1n) is 5.97. The average molecular weight is 203 g/mol. The molecule has 2 atom stereocenters. The van der Waals surface area contributed by atoms with Crippen molar-refractivity contribution in [1.29, 1.82) is 0 Å². The van der Waals surface area contributed by atoms with Crippen molar-refractivity contribution in [3.05, 3.63) is 34.9 Å². The van der Waals surface area contributed by atoms with Crippen LogP contribution in [0.15, 0.2) is 18.2 Å². The van der Waals surface area contributed by atoms with E-state index in [2.05, 4.69) is 37.4 Å². The molecule has 0 amide bonds. The highest BCUT2D eigenvalue weighted by Gasteiger charge is 2.23. The third-order valence-electron chi connectivity index (χ3n) is 3.61. The Morgan fingerprint density at radius 1 is 1.27 bits per heavy atom. The molecule has 0 aromatic heterocycles.